The van der Waals surface area contributed by atoms with Gasteiger partial charge in [0.15, 0.2) is 30.2 Å². The summed E-state index contributed by atoms with van der Waals surface area (Å²) in [7, 11) is 0. The summed E-state index contributed by atoms with van der Waals surface area (Å²) in [6, 6.07) is 5.43. The Morgan fingerprint density at radius 1 is 1.00 bits per heavy atom. The molecule has 5 atom stereocenters. The maximum absolute atomic E-state index is 11.9. The van der Waals surface area contributed by atoms with Gasteiger partial charge in [-0.25, -0.2) is 0 Å². The Morgan fingerprint density at radius 2 is 1.62 bits per heavy atom. The average Bonchev–Trinajstić information content (AvgIpc) is 3.13. The van der Waals surface area contributed by atoms with Crippen LogP contribution in [0.1, 0.15) is 33.3 Å². The number of aromatic hydroxyl groups is 1. The van der Waals surface area contributed by atoms with Crippen LogP contribution in [0.25, 0.3) is 10.9 Å². The first-order valence-electron chi connectivity index (χ1n) is 11.7. The Morgan fingerprint density at radius 3 is 2.23 bits per heavy atom. The number of rotatable bonds is 7. The van der Waals surface area contributed by atoms with Crippen molar-refractivity contribution in [3.8, 4) is 5.88 Å². The van der Waals surface area contributed by atoms with Gasteiger partial charge in [-0.05, 0) is 31.3 Å². The zero-order chi connectivity index (χ0) is 28.9. The predicted molar refractivity (Wildman–Crippen MR) is 137 cm³/mol. The summed E-state index contributed by atoms with van der Waals surface area (Å²) < 4.78 is 27.0. The van der Waals surface area contributed by atoms with Crippen LogP contribution in [0, 0.1) is 6.92 Å². The summed E-state index contributed by atoms with van der Waals surface area (Å²) in [5.74, 6) is -3.16. The fourth-order valence-corrected chi connectivity index (χ4v) is 4.13. The van der Waals surface area contributed by atoms with Crippen molar-refractivity contribution in [3.63, 3.8) is 0 Å². The van der Waals surface area contributed by atoms with Crippen LogP contribution >= 0.6 is 12.2 Å². The molecule has 0 spiro atoms. The van der Waals surface area contributed by atoms with Crippen LogP contribution in [0.3, 0.4) is 0 Å². The van der Waals surface area contributed by atoms with E-state index in [2.05, 4.69) is 20.5 Å². The highest BCUT2D eigenvalue weighted by Gasteiger charge is 2.52. The summed E-state index contributed by atoms with van der Waals surface area (Å²) in [6.07, 6.45) is -6.53. The second kappa shape index (κ2) is 12.6. The minimum Gasteiger partial charge on any atom is -0.493 e. The molecule has 0 radical (unpaired) electrons. The molecule has 0 bridgehead atoms. The first-order chi connectivity index (χ1) is 18.3. The number of aryl methyl sites for hydroxylation is 1. The Labute approximate surface area is 228 Å². The molecular weight excluding hydrogens is 536 g/mol. The van der Waals surface area contributed by atoms with Gasteiger partial charge in [-0.2, -0.15) is 0 Å². The van der Waals surface area contributed by atoms with Gasteiger partial charge < -0.3 is 39.1 Å². The predicted octanol–water partition coefficient (Wildman–Crippen LogP) is 2.22. The number of aromatic amines is 1. The molecule has 15 heteroatoms. The molecule has 1 saturated heterocycles. The van der Waals surface area contributed by atoms with Crippen molar-refractivity contribution in [3.05, 3.63) is 23.8 Å². The molecule has 1 aromatic carbocycles. The van der Waals surface area contributed by atoms with Crippen LogP contribution in [-0.4, -0.2) is 76.3 Å². The van der Waals surface area contributed by atoms with Gasteiger partial charge in [-0.1, -0.05) is 11.6 Å². The van der Waals surface area contributed by atoms with E-state index in [0.29, 0.717) is 10.9 Å². The fraction of sp³-hybridized carbons (Fsp3) is 0.458. The number of carbonyl (C=O) groups is 4. The number of H-pyrrole nitrogens is 1. The Kier molecular flexibility index (Phi) is 9.53. The summed E-state index contributed by atoms with van der Waals surface area (Å²) in [5, 5.41) is 21.3. The monoisotopic (exact) mass is 564 g/mol. The van der Waals surface area contributed by atoms with Gasteiger partial charge in [0.05, 0.1) is 5.52 Å². The van der Waals surface area contributed by atoms with Gasteiger partial charge in [-0.3, -0.25) is 19.2 Å². The van der Waals surface area contributed by atoms with E-state index in [1.54, 1.807) is 12.1 Å². The Bertz CT molecular complexity index is 1310. The summed E-state index contributed by atoms with van der Waals surface area (Å²) in [4.78, 5) is 50.0. The largest absolute Gasteiger partial charge is 0.493 e. The quantitative estimate of drug-likeness (QED) is 0.193. The highest BCUT2D eigenvalue weighted by atomic mass is 32.1. The van der Waals surface area contributed by atoms with E-state index in [1.807, 2.05) is 13.0 Å². The average molecular weight is 565 g/mol. The SMILES string of the molecule is CC(=O)OC[C@H]1O[C@@H](NC(=S)N=Nc2c(O)[nH]c3ccc(C)cc23)[C@H](OC(C)=O)[C@@H](OC(C)=O)[C@@H]1OC(C)=O. The van der Waals surface area contributed by atoms with Crippen LogP contribution < -0.4 is 5.32 Å². The zero-order valence-electron chi connectivity index (χ0n) is 21.8. The minimum absolute atomic E-state index is 0.138. The maximum atomic E-state index is 11.9. The van der Waals surface area contributed by atoms with E-state index in [1.165, 1.54) is 6.92 Å². The normalized spacial score (nSPS) is 22.7. The Hall–Kier alpha value is -4.11. The molecule has 0 amide bonds. The molecule has 0 aliphatic carbocycles. The second-order valence-electron chi connectivity index (χ2n) is 8.64. The lowest BCUT2D eigenvalue weighted by molar-refractivity contribution is -0.254. The standard InChI is InChI=1S/C24H28N4O10S/c1-10-6-7-16-15(8-10)18(22(33)25-16)27-28-24(39)26-23-21(37-14(5)32)20(36-13(4)31)19(35-12(3)30)17(38-23)9-34-11(2)29/h6-8,17,19-21,23,25,33H,9H2,1-5H3,(H,26,39)/t17-,19-,20+,21-,23-/m1/s1. The number of nitrogens with one attached hydrogen (secondary N) is 2. The van der Waals surface area contributed by atoms with Crippen LogP contribution in [0.5, 0.6) is 5.88 Å². The van der Waals surface area contributed by atoms with Crippen molar-refractivity contribution < 1.29 is 48.0 Å². The minimum atomic E-state index is -1.37. The number of azo groups is 1. The summed E-state index contributed by atoms with van der Waals surface area (Å²) >= 11 is 5.27. The molecule has 2 aromatic rings. The molecule has 2 heterocycles. The number of hydrogen-bond donors (Lipinski definition) is 3. The molecule has 210 valence electrons. The lowest BCUT2D eigenvalue weighted by atomic mass is 9.97. The number of benzene rings is 1. The zero-order valence-corrected chi connectivity index (χ0v) is 22.6. The van der Waals surface area contributed by atoms with Crippen LogP contribution in [0.4, 0.5) is 5.69 Å². The number of ether oxygens (including phenoxy) is 5. The van der Waals surface area contributed by atoms with Gasteiger partial charge in [0.1, 0.15) is 12.7 Å². The lowest BCUT2D eigenvalue weighted by Crippen LogP contribution is -2.66. The van der Waals surface area contributed by atoms with Crippen molar-refractivity contribution >= 4 is 57.8 Å². The first-order valence-corrected chi connectivity index (χ1v) is 12.1. The second-order valence-corrected chi connectivity index (χ2v) is 9.03. The van der Waals surface area contributed by atoms with Gasteiger partial charge in [0.25, 0.3) is 0 Å². The van der Waals surface area contributed by atoms with Crippen LogP contribution in [0.2, 0.25) is 0 Å². The van der Waals surface area contributed by atoms with E-state index in [9.17, 15) is 24.3 Å². The van der Waals surface area contributed by atoms with Gasteiger partial charge in [-0.15, -0.1) is 10.2 Å². The molecule has 1 aliphatic rings. The molecular formula is C24H28N4O10S. The molecule has 1 aliphatic heterocycles. The fourth-order valence-electron chi connectivity index (χ4n) is 3.97. The van der Waals surface area contributed by atoms with Gasteiger partial charge >= 0.3 is 23.9 Å². The van der Waals surface area contributed by atoms with Crippen molar-refractivity contribution in [2.75, 3.05) is 6.61 Å². The van der Waals surface area contributed by atoms with E-state index in [-0.39, 0.29) is 16.7 Å². The van der Waals surface area contributed by atoms with Crippen LogP contribution in [0.15, 0.2) is 28.4 Å². The van der Waals surface area contributed by atoms with Crippen molar-refractivity contribution in [2.45, 2.75) is 65.3 Å². The lowest BCUT2D eigenvalue weighted by Gasteiger charge is -2.44. The molecule has 1 aromatic heterocycles. The van der Waals surface area contributed by atoms with Crippen LogP contribution in [-0.2, 0) is 42.9 Å². The van der Waals surface area contributed by atoms with E-state index in [0.717, 1.165) is 26.3 Å². The molecule has 14 nitrogen and oxygen atoms in total. The molecule has 39 heavy (non-hydrogen) atoms. The Balaban J connectivity index is 1.92. The van der Waals surface area contributed by atoms with Crippen molar-refractivity contribution in [1.29, 1.82) is 0 Å². The third-order valence-corrected chi connectivity index (χ3v) is 5.60. The first kappa shape index (κ1) is 29.4. The smallest absolute Gasteiger partial charge is 0.303 e. The number of hydrogen-bond acceptors (Lipinski definition) is 12. The molecule has 3 N–H and O–H groups in total. The summed E-state index contributed by atoms with van der Waals surface area (Å²) in [5.41, 5.74) is 1.70. The highest BCUT2D eigenvalue weighted by molar-refractivity contribution is 7.80. The maximum Gasteiger partial charge on any atom is 0.303 e. The molecule has 3 rings (SSSR count). The number of aromatic nitrogens is 1. The van der Waals surface area contributed by atoms with Gasteiger partial charge in [0.2, 0.25) is 11.0 Å². The van der Waals surface area contributed by atoms with E-state index in [4.69, 9.17) is 35.9 Å². The van der Waals surface area contributed by atoms with E-state index >= 15 is 0 Å². The highest BCUT2D eigenvalue weighted by Crippen LogP contribution is 2.36. The molecule has 0 saturated carbocycles. The number of esters is 4. The van der Waals surface area contributed by atoms with E-state index < -0.39 is 61.1 Å². The number of nitrogens with zero attached hydrogens (tertiary/aromatic N) is 2. The number of fused-ring (bicyclic) bond motifs is 1. The topological polar surface area (TPSA) is 187 Å². The summed E-state index contributed by atoms with van der Waals surface area (Å²) in [6.45, 7) is 6.00. The van der Waals surface area contributed by atoms with Gasteiger partial charge in [0, 0.05) is 33.1 Å². The van der Waals surface area contributed by atoms with Crippen molar-refractivity contribution in [1.82, 2.24) is 10.3 Å². The van der Waals surface area contributed by atoms with Crippen molar-refractivity contribution in [2.24, 2.45) is 10.2 Å². The third-order valence-electron chi connectivity index (χ3n) is 5.40. The molecule has 0 unspecified atom stereocenters. The third kappa shape index (κ3) is 7.70. The molecule has 1 fully saturated rings. The number of carbonyl (C=O) groups excluding carboxylic acids is 4. The number of thiocarbonyl (C=S) groups is 1.